The maximum Gasteiger partial charge on any atom is 0.326 e. The summed E-state index contributed by atoms with van der Waals surface area (Å²) in [6.45, 7) is 4.72. The Morgan fingerprint density at radius 2 is 1.07 bits per heavy atom. The Morgan fingerprint density at radius 3 is 1.59 bits per heavy atom. The van der Waals surface area contributed by atoms with Crippen molar-refractivity contribution >= 4 is 64.4 Å². The van der Waals surface area contributed by atoms with Crippen LogP contribution >= 0.6 is 0 Å². The number of fused-ring (bicyclic) bond motifs is 1. The van der Waals surface area contributed by atoms with Crippen LogP contribution in [0, 0.1) is 11.8 Å². The van der Waals surface area contributed by atoms with Gasteiger partial charge >= 0.3 is 41.8 Å². The van der Waals surface area contributed by atoms with Crippen LogP contribution in [0.15, 0.2) is 42.5 Å². The molecule has 2 fully saturated rings. The van der Waals surface area contributed by atoms with Crippen LogP contribution in [0.3, 0.4) is 0 Å². The molecule has 0 spiro atoms. The van der Waals surface area contributed by atoms with Crippen LogP contribution in [0.25, 0.3) is 10.8 Å². The molecule has 0 unspecified atom stereocenters. The predicted molar refractivity (Wildman–Crippen MR) is 265 cm³/mol. The largest absolute Gasteiger partial charge is 0.481 e. The Kier molecular flexibility index (Phi) is 25.3. The molecular weight excluding hydrogens is 955 g/mol. The molecule has 404 valence electrons. The molecule has 24 heteroatoms. The van der Waals surface area contributed by atoms with E-state index >= 15 is 0 Å². The lowest BCUT2D eigenvalue weighted by Gasteiger charge is -2.33. The fraction of sp³-hybridized carbons (Fsp3) is 0.612. The Hall–Kier alpha value is -6.47. The van der Waals surface area contributed by atoms with Gasteiger partial charge in [0, 0.05) is 90.8 Å². The third-order valence-electron chi connectivity index (χ3n) is 13.2. The van der Waals surface area contributed by atoms with Gasteiger partial charge in [-0.25, -0.2) is 14.4 Å². The first kappa shape index (κ1) is 59.1. The van der Waals surface area contributed by atoms with E-state index in [2.05, 4.69) is 31.5 Å². The monoisotopic (exact) mass is 1030 g/mol. The van der Waals surface area contributed by atoms with Gasteiger partial charge in [0.15, 0.2) is 0 Å². The molecule has 0 aromatic heterocycles. The number of hydrogen-bond acceptors (Lipinski definition) is 14. The number of urea groups is 1. The molecule has 73 heavy (non-hydrogen) atoms. The van der Waals surface area contributed by atoms with Crippen molar-refractivity contribution in [1.29, 1.82) is 0 Å². The quantitative estimate of drug-likeness (QED) is 0.0503. The van der Waals surface area contributed by atoms with Crippen molar-refractivity contribution in [3.8, 4) is 0 Å². The number of carbonyl (C=O) groups is 9. The predicted octanol–water partition coefficient (Wildman–Crippen LogP) is 0.0954. The number of carboxylic acids is 6. The highest BCUT2D eigenvalue weighted by Crippen LogP contribution is 2.29. The van der Waals surface area contributed by atoms with Crippen LogP contribution in [-0.2, 0) is 44.8 Å². The molecule has 11 N–H and O–H groups in total. The molecule has 2 aromatic rings. The Bertz CT molecular complexity index is 2140. The summed E-state index contributed by atoms with van der Waals surface area (Å²) in [5.74, 6) is -7.74. The lowest BCUT2D eigenvalue weighted by atomic mass is 9.81. The highest BCUT2D eigenvalue weighted by atomic mass is 16.4. The number of carboxylic acid groups (broad SMARTS) is 6. The number of amides is 4. The second-order valence-corrected chi connectivity index (χ2v) is 18.8. The second-order valence-electron chi connectivity index (χ2n) is 18.8. The van der Waals surface area contributed by atoms with Crippen LogP contribution in [0.5, 0.6) is 0 Å². The molecule has 1 aliphatic carbocycles. The summed E-state index contributed by atoms with van der Waals surface area (Å²) >= 11 is 0. The average molecular weight is 1030 g/mol. The molecule has 1 aliphatic heterocycles. The fourth-order valence-corrected chi connectivity index (χ4v) is 9.07. The smallest absolute Gasteiger partial charge is 0.326 e. The maximum atomic E-state index is 13.8. The first-order chi connectivity index (χ1) is 34.8. The molecule has 0 bridgehead atoms. The number of aliphatic carboxylic acids is 6. The minimum Gasteiger partial charge on any atom is -0.481 e. The van der Waals surface area contributed by atoms with Crippen molar-refractivity contribution < 1.29 is 73.8 Å². The Morgan fingerprint density at radius 1 is 0.548 bits per heavy atom. The van der Waals surface area contributed by atoms with Crippen LogP contribution in [0.2, 0.25) is 0 Å². The highest BCUT2D eigenvalue weighted by Gasteiger charge is 2.31. The average Bonchev–Trinajstić information content (AvgIpc) is 3.33. The topological polar surface area (TPSA) is 348 Å². The van der Waals surface area contributed by atoms with Crippen molar-refractivity contribution in [2.75, 3.05) is 98.2 Å². The van der Waals surface area contributed by atoms with E-state index in [9.17, 15) is 68.7 Å². The zero-order chi connectivity index (χ0) is 53.3. The van der Waals surface area contributed by atoms with Crippen molar-refractivity contribution in [2.24, 2.45) is 11.8 Å². The van der Waals surface area contributed by atoms with Crippen molar-refractivity contribution in [1.82, 2.24) is 46.2 Å². The third-order valence-corrected chi connectivity index (χ3v) is 13.2. The van der Waals surface area contributed by atoms with Gasteiger partial charge in [0.2, 0.25) is 11.8 Å². The van der Waals surface area contributed by atoms with Gasteiger partial charge < -0.3 is 57.2 Å². The number of nitrogens with zero attached hydrogens (tertiary/aromatic N) is 4. The van der Waals surface area contributed by atoms with Crippen LogP contribution in [0.1, 0.15) is 63.4 Å². The van der Waals surface area contributed by atoms with E-state index in [4.69, 9.17) is 5.11 Å². The van der Waals surface area contributed by atoms with Gasteiger partial charge in [-0.15, -0.1) is 0 Å². The van der Waals surface area contributed by atoms with Gasteiger partial charge in [-0.3, -0.25) is 48.4 Å². The number of carbonyl (C=O) groups excluding carboxylic acids is 3. The van der Waals surface area contributed by atoms with E-state index in [1.807, 2.05) is 42.5 Å². The molecule has 24 nitrogen and oxygen atoms in total. The molecule has 2 aromatic carbocycles. The normalized spacial score (nSPS) is 19.0. The van der Waals surface area contributed by atoms with Crippen LogP contribution in [-0.4, -0.2) is 220 Å². The minimum atomic E-state index is -1.54. The van der Waals surface area contributed by atoms with Gasteiger partial charge in [-0.05, 0) is 80.2 Å². The first-order valence-corrected chi connectivity index (χ1v) is 24.9. The standard InChI is InChI=1S/C49H73N9O15/c59-41(60)15-14-39(48(71)72)54-49(73)53-38(47(69)70)7-3-4-16-51-46(68)40(28-34-10-11-35-5-1-2-6-37(35)27-34)52-45(67)36-12-8-33(9-13-36)29-50-17-18-55-19-21-56(30-42(61)62)23-25-58(32-44(65)66)26-24-57(22-20-55)31-43(63)64/h1-2,5-6,10-11,27,33,36,38-40,50H,3-4,7-9,12-26,28-32H2,(H,51,68)(H,52,67)(H,59,60)(H,61,62)(H,63,64)(H,65,66)(H,69,70)(H,71,72)(H2,53,54,73)/t33-,36-,38-,39-,40-/m0/s1. The van der Waals surface area contributed by atoms with Crippen molar-refractivity contribution in [2.45, 2.75) is 82.3 Å². The second kappa shape index (κ2) is 31.2. The van der Waals surface area contributed by atoms with Crippen molar-refractivity contribution in [3.05, 3.63) is 48.0 Å². The summed E-state index contributed by atoms with van der Waals surface area (Å²) in [4.78, 5) is 116. The zero-order valence-electron chi connectivity index (χ0n) is 41.3. The first-order valence-electron chi connectivity index (χ1n) is 24.9. The van der Waals surface area contributed by atoms with Crippen LogP contribution < -0.4 is 26.6 Å². The molecule has 4 rings (SSSR count). The highest BCUT2D eigenvalue weighted by molar-refractivity contribution is 5.89. The summed E-state index contributed by atoms with van der Waals surface area (Å²) in [5, 5.41) is 72.1. The number of benzene rings is 2. The Labute approximate surface area is 423 Å². The Balaban J connectivity index is 1.27. The van der Waals surface area contributed by atoms with Crippen molar-refractivity contribution in [3.63, 3.8) is 0 Å². The van der Waals surface area contributed by atoms with E-state index in [1.54, 1.807) is 14.7 Å². The van der Waals surface area contributed by atoms with E-state index in [1.165, 1.54) is 0 Å². The molecule has 1 saturated carbocycles. The minimum absolute atomic E-state index is 0.0531. The lowest BCUT2D eigenvalue weighted by Crippen LogP contribution is -2.51. The van der Waals surface area contributed by atoms with Gasteiger partial charge in [-0.1, -0.05) is 42.5 Å². The zero-order valence-corrected chi connectivity index (χ0v) is 41.3. The number of nitrogens with one attached hydrogen (secondary N) is 5. The summed E-state index contributed by atoms with van der Waals surface area (Å²) in [6.07, 6.45) is 2.59. The van der Waals surface area contributed by atoms with E-state index in [-0.39, 0.29) is 57.3 Å². The van der Waals surface area contributed by atoms with Gasteiger partial charge in [-0.2, -0.15) is 0 Å². The number of unbranched alkanes of at least 4 members (excludes halogenated alkanes) is 1. The summed E-state index contributed by atoms with van der Waals surface area (Å²) in [5.41, 5.74) is 0.836. The SMILES string of the molecule is O=C(O)CC[C@H](NC(=O)N[C@@H](CCCCNC(=O)[C@H](Cc1ccc2ccccc2c1)NC(=O)[C@H]1CC[C@H](CNCCN2CCN(CC(=O)O)CCN(CC(=O)O)CCN(CC(=O)O)CC2)CC1)C(=O)O)C(=O)O. The number of rotatable bonds is 28. The fourth-order valence-electron chi connectivity index (χ4n) is 9.07. The summed E-state index contributed by atoms with van der Waals surface area (Å²) < 4.78 is 0. The van der Waals surface area contributed by atoms with Crippen LogP contribution in [0.4, 0.5) is 4.79 Å². The maximum absolute atomic E-state index is 13.8. The molecule has 1 heterocycles. The summed E-state index contributed by atoms with van der Waals surface area (Å²) in [7, 11) is 0. The summed E-state index contributed by atoms with van der Waals surface area (Å²) in [6, 6.07) is 8.68. The lowest BCUT2D eigenvalue weighted by molar-refractivity contribution is -0.141. The third kappa shape index (κ3) is 22.9. The molecule has 4 amide bonds. The van der Waals surface area contributed by atoms with E-state index in [0.29, 0.717) is 97.2 Å². The molecular formula is C49H73N9O15. The molecule has 3 atom stereocenters. The van der Waals surface area contributed by atoms with E-state index in [0.717, 1.165) is 29.2 Å². The van der Waals surface area contributed by atoms with Gasteiger partial charge in [0.25, 0.3) is 0 Å². The molecule has 1 saturated heterocycles. The van der Waals surface area contributed by atoms with Gasteiger partial charge in [0.1, 0.15) is 18.1 Å². The molecule has 2 aliphatic rings. The number of hydrogen-bond donors (Lipinski definition) is 11. The van der Waals surface area contributed by atoms with E-state index < -0.39 is 78.7 Å². The molecule has 0 radical (unpaired) electrons. The van der Waals surface area contributed by atoms with Gasteiger partial charge in [0.05, 0.1) is 19.6 Å².